The first-order chi connectivity index (χ1) is 14.4. The molecule has 1 aliphatic carbocycles. The van der Waals surface area contributed by atoms with Gasteiger partial charge in [-0.25, -0.2) is 13.2 Å². The summed E-state index contributed by atoms with van der Waals surface area (Å²) in [6, 6.07) is 2.75. The Balaban J connectivity index is 1.58. The van der Waals surface area contributed by atoms with Crippen molar-refractivity contribution < 1.29 is 27.4 Å². The van der Waals surface area contributed by atoms with E-state index in [4.69, 9.17) is 9.47 Å². The number of ether oxygens (including phenoxy) is 2. The Labute approximate surface area is 177 Å². The summed E-state index contributed by atoms with van der Waals surface area (Å²) in [5.41, 5.74) is -0.569. The number of benzene rings is 1. The second-order valence-corrected chi connectivity index (χ2v) is 8.73. The van der Waals surface area contributed by atoms with Gasteiger partial charge in [0.2, 0.25) is 0 Å². The zero-order valence-electron chi connectivity index (χ0n) is 18.0. The van der Waals surface area contributed by atoms with Crippen molar-refractivity contribution in [3.05, 3.63) is 29.1 Å². The molecule has 0 amide bonds. The summed E-state index contributed by atoms with van der Waals surface area (Å²) in [6.45, 7) is 4.79. The predicted molar refractivity (Wildman–Crippen MR) is 109 cm³/mol. The van der Waals surface area contributed by atoms with E-state index >= 15 is 0 Å². The maximum absolute atomic E-state index is 14.5. The Morgan fingerprint density at radius 3 is 2.37 bits per heavy atom. The monoisotopic (exact) mass is 426 g/mol. The van der Waals surface area contributed by atoms with E-state index in [1.807, 2.05) is 6.92 Å². The standard InChI is InChI=1S/C24H33F3O3/c1-3-5-16-11-13-20(21(22(16)25)23(26)27)30-24(28)17-8-6-15(7-9-17)18-10-12-19(4-2)29-14-18/h11,13,15,17-19,23H,3-10,12,14H2,1-2H3. The summed E-state index contributed by atoms with van der Waals surface area (Å²) in [6.07, 6.45) is 4.85. The van der Waals surface area contributed by atoms with Crippen LogP contribution in [0.3, 0.4) is 0 Å². The zero-order valence-corrected chi connectivity index (χ0v) is 18.0. The lowest BCUT2D eigenvalue weighted by Gasteiger charge is -2.37. The maximum atomic E-state index is 14.5. The Morgan fingerprint density at radius 2 is 1.80 bits per heavy atom. The molecule has 0 spiro atoms. The first kappa shape index (κ1) is 23.1. The van der Waals surface area contributed by atoms with E-state index < -0.39 is 23.8 Å². The molecule has 2 atom stereocenters. The van der Waals surface area contributed by atoms with Crippen molar-refractivity contribution in [3.63, 3.8) is 0 Å². The molecular weight excluding hydrogens is 393 g/mol. The van der Waals surface area contributed by atoms with E-state index in [0.717, 1.165) is 32.3 Å². The van der Waals surface area contributed by atoms with Gasteiger partial charge in [-0.05, 0) is 74.8 Å². The van der Waals surface area contributed by atoms with E-state index in [2.05, 4.69) is 6.92 Å². The van der Waals surface area contributed by atoms with Gasteiger partial charge in [0.05, 0.1) is 24.2 Å². The number of hydrogen-bond donors (Lipinski definition) is 0. The summed E-state index contributed by atoms with van der Waals surface area (Å²) in [4.78, 5) is 12.6. The minimum atomic E-state index is -3.03. The molecule has 0 aromatic heterocycles. The van der Waals surface area contributed by atoms with E-state index in [1.165, 1.54) is 18.6 Å². The van der Waals surface area contributed by atoms with Crippen molar-refractivity contribution in [3.8, 4) is 5.75 Å². The van der Waals surface area contributed by atoms with Crippen LogP contribution in [-0.4, -0.2) is 18.7 Å². The molecule has 6 heteroatoms. The lowest BCUT2D eigenvalue weighted by molar-refractivity contribution is -0.140. The van der Waals surface area contributed by atoms with Crippen LogP contribution in [-0.2, 0) is 16.0 Å². The highest BCUT2D eigenvalue weighted by Gasteiger charge is 2.34. The molecule has 168 valence electrons. The number of esters is 1. The number of aryl methyl sites for hydroxylation is 1. The number of carbonyl (C=O) groups is 1. The molecule has 0 radical (unpaired) electrons. The van der Waals surface area contributed by atoms with Crippen LogP contribution < -0.4 is 4.74 Å². The number of alkyl halides is 2. The van der Waals surface area contributed by atoms with E-state index in [0.29, 0.717) is 43.6 Å². The Kier molecular flexibility index (Phi) is 8.20. The van der Waals surface area contributed by atoms with Gasteiger partial charge in [0.25, 0.3) is 6.43 Å². The first-order valence-corrected chi connectivity index (χ1v) is 11.4. The minimum absolute atomic E-state index is 0.230. The van der Waals surface area contributed by atoms with Gasteiger partial charge in [-0.1, -0.05) is 26.3 Å². The molecule has 2 unspecified atom stereocenters. The van der Waals surface area contributed by atoms with Gasteiger partial charge in [-0.3, -0.25) is 4.79 Å². The van der Waals surface area contributed by atoms with Crippen molar-refractivity contribution in [2.24, 2.45) is 17.8 Å². The highest BCUT2D eigenvalue weighted by Crippen LogP contribution is 2.39. The third-order valence-corrected chi connectivity index (χ3v) is 6.80. The summed E-state index contributed by atoms with van der Waals surface area (Å²) >= 11 is 0. The SMILES string of the molecule is CCCc1ccc(OC(=O)C2CCC(C3CCC(CC)OC3)CC2)c(C(F)F)c1F. The molecule has 2 fully saturated rings. The van der Waals surface area contributed by atoms with Crippen LogP contribution in [0.2, 0.25) is 0 Å². The minimum Gasteiger partial charge on any atom is -0.426 e. The predicted octanol–water partition coefficient (Wildman–Crippen LogP) is 6.63. The molecule has 1 aliphatic heterocycles. The lowest BCUT2D eigenvalue weighted by Crippen LogP contribution is -2.34. The highest BCUT2D eigenvalue weighted by molar-refractivity contribution is 5.75. The van der Waals surface area contributed by atoms with E-state index in [1.54, 1.807) is 0 Å². The van der Waals surface area contributed by atoms with Crippen molar-refractivity contribution in [2.75, 3.05) is 6.61 Å². The van der Waals surface area contributed by atoms with Gasteiger partial charge >= 0.3 is 5.97 Å². The quantitative estimate of drug-likeness (QED) is 0.362. The molecule has 0 N–H and O–H groups in total. The molecule has 1 heterocycles. The molecule has 3 rings (SSSR count). The summed E-state index contributed by atoms with van der Waals surface area (Å²) < 4.78 is 52.6. The van der Waals surface area contributed by atoms with Crippen LogP contribution in [0.25, 0.3) is 0 Å². The van der Waals surface area contributed by atoms with E-state index in [-0.39, 0.29) is 17.2 Å². The second kappa shape index (κ2) is 10.7. The van der Waals surface area contributed by atoms with Gasteiger partial charge < -0.3 is 9.47 Å². The fourth-order valence-electron chi connectivity index (χ4n) is 4.91. The molecule has 2 aliphatic rings. The third-order valence-electron chi connectivity index (χ3n) is 6.80. The largest absolute Gasteiger partial charge is 0.426 e. The molecule has 30 heavy (non-hydrogen) atoms. The van der Waals surface area contributed by atoms with Crippen molar-refractivity contribution in [2.45, 2.75) is 84.2 Å². The van der Waals surface area contributed by atoms with Gasteiger partial charge in [0.15, 0.2) is 0 Å². The smallest absolute Gasteiger partial charge is 0.314 e. The van der Waals surface area contributed by atoms with E-state index in [9.17, 15) is 18.0 Å². The number of halogens is 3. The van der Waals surface area contributed by atoms with Crippen LogP contribution in [0, 0.1) is 23.6 Å². The second-order valence-electron chi connectivity index (χ2n) is 8.73. The first-order valence-electron chi connectivity index (χ1n) is 11.4. The molecule has 1 saturated heterocycles. The van der Waals surface area contributed by atoms with Gasteiger partial charge in [0, 0.05) is 0 Å². The average Bonchev–Trinajstić information content (AvgIpc) is 2.75. The fraction of sp³-hybridized carbons (Fsp3) is 0.708. The molecular formula is C24H33F3O3. The van der Waals surface area contributed by atoms with Crippen LogP contribution in [0.1, 0.15) is 82.8 Å². The average molecular weight is 427 g/mol. The van der Waals surface area contributed by atoms with Crippen molar-refractivity contribution in [1.82, 2.24) is 0 Å². The summed E-state index contributed by atoms with van der Waals surface area (Å²) in [7, 11) is 0. The van der Waals surface area contributed by atoms with Crippen LogP contribution in [0.4, 0.5) is 13.2 Å². The highest BCUT2D eigenvalue weighted by atomic mass is 19.3. The van der Waals surface area contributed by atoms with Crippen LogP contribution in [0.5, 0.6) is 5.75 Å². The molecule has 3 nitrogen and oxygen atoms in total. The van der Waals surface area contributed by atoms with Crippen molar-refractivity contribution in [1.29, 1.82) is 0 Å². The van der Waals surface area contributed by atoms with Crippen LogP contribution >= 0.6 is 0 Å². The number of hydrogen-bond acceptors (Lipinski definition) is 3. The summed E-state index contributed by atoms with van der Waals surface area (Å²) in [5, 5.41) is 0. The van der Waals surface area contributed by atoms with Gasteiger partial charge in [0.1, 0.15) is 11.6 Å². The Morgan fingerprint density at radius 1 is 1.10 bits per heavy atom. The molecule has 0 bridgehead atoms. The van der Waals surface area contributed by atoms with Crippen LogP contribution in [0.15, 0.2) is 12.1 Å². The maximum Gasteiger partial charge on any atom is 0.314 e. The molecule has 1 aromatic rings. The topological polar surface area (TPSA) is 35.5 Å². The van der Waals surface area contributed by atoms with Gasteiger partial charge in [-0.15, -0.1) is 0 Å². The summed E-state index contributed by atoms with van der Waals surface area (Å²) in [5.74, 6) is -1.07. The Bertz CT molecular complexity index is 706. The number of rotatable bonds is 7. The molecule has 1 aromatic carbocycles. The third kappa shape index (κ3) is 5.37. The normalized spacial score (nSPS) is 27.3. The Hall–Kier alpha value is -1.56. The van der Waals surface area contributed by atoms with Gasteiger partial charge in [-0.2, -0.15) is 0 Å². The zero-order chi connectivity index (χ0) is 21.7. The number of carbonyl (C=O) groups excluding carboxylic acids is 1. The molecule has 1 saturated carbocycles. The van der Waals surface area contributed by atoms with Crippen molar-refractivity contribution >= 4 is 5.97 Å². The fourth-order valence-corrected chi connectivity index (χ4v) is 4.91. The lowest BCUT2D eigenvalue weighted by atomic mass is 9.74.